The number of halogens is 1. The van der Waals surface area contributed by atoms with Crippen molar-refractivity contribution in [3.05, 3.63) is 58.9 Å². The van der Waals surface area contributed by atoms with E-state index in [1.54, 1.807) is 0 Å². The average Bonchev–Trinajstić information content (AvgIpc) is 2.66. The zero-order chi connectivity index (χ0) is 12.7. The predicted molar refractivity (Wildman–Crippen MR) is 75.1 cm³/mol. The molecule has 0 bridgehead atoms. The number of nitrogens with zero attached hydrogens (tertiary/aromatic N) is 2. The molecule has 2 heterocycles. The Hall–Kier alpha value is -1.80. The number of hydrogen-bond acceptors (Lipinski definition) is 1. The summed E-state index contributed by atoms with van der Waals surface area (Å²) >= 11 is 6.26. The number of benzene rings is 1. The third-order valence-corrected chi connectivity index (χ3v) is 3.31. The van der Waals surface area contributed by atoms with Crippen LogP contribution in [0.3, 0.4) is 0 Å². The number of rotatable bonds is 1. The molecular formula is C15H13ClN2. The van der Waals surface area contributed by atoms with Gasteiger partial charge >= 0.3 is 0 Å². The van der Waals surface area contributed by atoms with Gasteiger partial charge in [0.1, 0.15) is 5.65 Å². The Morgan fingerprint density at radius 3 is 2.33 bits per heavy atom. The van der Waals surface area contributed by atoms with E-state index < -0.39 is 0 Å². The summed E-state index contributed by atoms with van der Waals surface area (Å²) in [5.74, 6) is 0. The normalized spacial score (nSPS) is 11.1. The molecule has 1 aromatic carbocycles. The fourth-order valence-electron chi connectivity index (χ4n) is 2.09. The minimum Gasteiger partial charge on any atom is -0.298 e. The van der Waals surface area contributed by atoms with E-state index in [4.69, 9.17) is 11.6 Å². The van der Waals surface area contributed by atoms with Gasteiger partial charge in [-0.05, 0) is 25.5 Å². The second-order valence-corrected chi connectivity index (χ2v) is 4.91. The van der Waals surface area contributed by atoms with Crippen LogP contribution in [0.1, 0.15) is 11.1 Å². The lowest BCUT2D eigenvalue weighted by molar-refractivity contribution is 1.16. The van der Waals surface area contributed by atoms with Gasteiger partial charge in [0, 0.05) is 11.8 Å². The van der Waals surface area contributed by atoms with Gasteiger partial charge in [0.15, 0.2) is 5.15 Å². The fraction of sp³-hybridized carbons (Fsp3) is 0.133. The Morgan fingerprint density at radius 2 is 1.61 bits per heavy atom. The maximum Gasteiger partial charge on any atom is 0.156 e. The first-order valence-electron chi connectivity index (χ1n) is 5.86. The van der Waals surface area contributed by atoms with E-state index in [1.165, 1.54) is 11.1 Å². The van der Waals surface area contributed by atoms with Crippen molar-refractivity contribution in [1.29, 1.82) is 0 Å². The van der Waals surface area contributed by atoms with Crippen molar-refractivity contribution in [2.75, 3.05) is 0 Å². The van der Waals surface area contributed by atoms with Gasteiger partial charge < -0.3 is 0 Å². The summed E-state index contributed by atoms with van der Waals surface area (Å²) in [7, 11) is 0. The quantitative estimate of drug-likeness (QED) is 0.636. The predicted octanol–water partition coefficient (Wildman–Crippen LogP) is 4.27. The van der Waals surface area contributed by atoms with Crippen molar-refractivity contribution in [3.8, 4) is 11.3 Å². The molecule has 18 heavy (non-hydrogen) atoms. The van der Waals surface area contributed by atoms with E-state index in [0.29, 0.717) is 5.15 Å². The Bertz CT molecular complexity index is 711. The van der Waals surface area contributed by atoms with Gasteiger partial charge in [0.25, 0.3) is 0 Å². The number of pyridine rings is 1. The van der Waals surface area contributed by atoms with Crippen molar-refractivity contribution < 1.29 is 0 Å². The largest absolute Gasteiger partial charge is 0.298 e. The van der Waals surface area contributed by atoms with E-state index in [0.717, 1.165) is 16.9 Å². The Kier molecular flexibility index (Phi) is 2.60. The van der Waals surface area contributed by atoms with E-state index >= 15 is 0 Å². The first-order chi connectivity index (χ1) is 8.65. The molecule has 2 aromatic heterocycles. The minimum absolute atomic E-state index is 0.546. The van der Waals surface area contributed by atoms with Crippen LogP contribution in [-0.4, -0.2) is 9.38 Å². The lowest BCUT2D eigenvalue weighted by Gasteiger charge is -2.04. The number of aryl methyl sites for hydroxylation is 2. The van der Waals surface area contributed by atoms with Gasteiger partial charge in [-0.1, -0.05) is 47.5 Å². The highest BCUT2D eigenvalue weighted by Gasteiger charge is 2.12. The van der Waals surface area contributed by atoms with Gasteiger partial charge in [-0.15, -0.1) is 0 Å². The SMILES string of the molecule is Cc1ccc(-c2c(Cl)nc3ccc(C)cn23)cc1. The summed E-state index contributed by atoms with van der Waals surface area (Å²) in [6, 6.07) is 12.3. The molecule has 0 amide bonds. The Morgan fingerprint density at radius 1 is 0.944 bits per heavy atom. The molecule has 0 unspecified atom stereocenters. The van der Waals surface area contributed by atoms with Gasteiger partial charge in [0.2, 0.25) is 0 Å². The summed E-state index contributed by atoms with van der Waals surface area (Å²) < 4.78 is 2.04. The van der Waals surface area contributed by atoms with Crippen LogP contribution in [0.4, 0.5) is 0 Å². The first-order valence-corrected chi connectivity index (χ1v) is 6.24. The minimum atomic E-state index is 0.546. The molecule has 0 aliphatic heterocycles. The standard InChI is InChI=1S/C15H13ClN2/c1-10-3-6-12(7-4-10)14-15(16)17-13-8-5-11(2)9-18(13)14/h3-9H,1-2H3. The first kappa shape index (κ1) is 11.3. The molecule has 0 saturated carbocycles. The van der Waals surface area contributed by atoms with Crippen LogP contribution in [0, 0.1) is 13.8 Å². The number of imidazole rings is 1. The molecule has 0 fully saturated rings. The van der Waals surface area contributed by atoms with Crippen molar-refractivity contribution in [3.63, 3.8) is 0 Å². The maximum absolute atomic E-state index is 6.26. The van der Waals surface area contributed by atoms with Crippen molar-refractivity contribution in [2.24, 2.45) is 0 Å². The Labute approximate surface area is 111 Å². The van der Waals surface area contributed by atoms with Gasteiger partial charge in [0.05, 0.1) is 5.69 Å². The summed E-state index contributed by atoms with van der Waals surface area (Å²) in [5, 5.41) is 0.546. The lowest BCUT2D eigenvalue weighted by Crippen LogP contribution is -1.89. The average molecular weight is 257 g/mol. The fourth-order valence-corrected chi connectivity index (χ4v) is 2.38. The number of aromatic nitrogens is 2. The van der Waals surface area contributed by atoms with E-state index in [1.807, 2.05) is 16.5 Å². The monoisotopic (exact) mass is 256 g/mol. The van der Waals surface area contributed by atoms with Crippen LogP contribution in [0.15, 0.2) is 42.6 Å². The molecule has 0 radical (unpaired) electrons. The summed E-state index contributed by atoms with van der Waals surface area (Å²) in [6.45, 7) is 4.14. The third-order valence-electron chi connectivity index (χ3n) is 3.05. The zero-order valence-corrected chi connectivity index (χ0v) is 11.1. The molecule has 3 rings (SSSR count). The van der Waals surface area contributed by atoms with E-state index in [9.17, 15) is 0 Å². The highest BCUT2D eigenvalue weighted by Crippen LogP contribution is 2.29. The lowest BCUT2D eigenvalue weighted by atomic mass is 10.1. The maximum atomic E-state index is 6.26. The summed E-state index contributed by atoms with van der Waals surface area (Å²) in [4.78, 5) is 4.38. The highest BCUT2D eigenvalue weighted by atomic mass is 35.5. The highest BCUT2D eigenvalue weighted by molar-refractivity contribution is 6.32. The number of fused-ring (bicyclic) bond motifs is 1. The topological polar surface area (TPSA) is 17.3 Å². The molecule has 90 valence electrons. The second kappa shape index (κ2) is 4.14. The van der Waals surface area contributed by atoms with Crippen LogP contribution in [0.2, 0.25) is 5.15 Å². The third kappa shape index (κ3) is 1.79. The van der Waals surface area contributed by atoms with Gasteiger partial charge in [-0.3, -0.25) is 4.40 Å². The molecular weight excluding hydrogens is 244 g/mol. The molecule has 3 heteroatoms. The van der Waals surface area contributed by atoms with E-state index in [-0.39, 0.29) is 0 Å². The molecule has 0 aliphatic rings. The summed E-state index contributed by atoms with van der Waals surface area (Å²) in [5.41, 5.74) is 5.34. The summed E-state index contributed by atoms with van der Waals surface area (Å²) in [6.07, 6.45) is 2.06. The van der Waals surface area contributed by atoms with E-state index in [2.05, 4.69) is 49.3 Å². The Balaban J connectivity index is 2.30. The smallest absolute Gasteiger partial charge is 0.156 e. The van der Waals surface area contributed by atoms with Crippen molar-refractivity contribution in [1.82, 2.24) is 9.38 Å². The number of hydrogen-bond donors (Lipinski definition) is 0. The zero-order valence-electron chi connectivity index (χ0n) is 10.3. The molecule has 0 atom stereocenters. The van der Waals surface area contributed by atoms with Crippen LogP contribution in [0.25, 0.3) is 16.9 Å². The van der Waals surface area contributed by atoms with Crippen molar-refractivity contribution >= 4 is 17.2 Å². The molecule has 3 aromatic rings. The van der Waals surface area contributed by atoms with Crippen molar-refractivity contribution in [2.45, 2.75) is 13.8 Å². The van der Waals surface area contributed by atoms with Crippen LogP contribution < -0.4 is 0 Å². The van der Waals surface area contributed by atoms with Crippen LogP contribution in [0.5, 0.6) is 0 Å². The molecule has 0 aliphatic carbocycles. The van der Waals surface area contributed by atoms with Gasteiger partial charge in [-0.2, -0.15) is 0 Å². The van der Waals surface area contributed by atoms with Gasteiger partial charge in [-0.25, -0.2) is 4.98 Å². The molecule has 0 spiro atoms. The van der Waals surface area contributed by atoms with Crippen LogP contribution >= 0.6 is 11.6 Å². The van der Waals surface area contributed by atoms with Crippen LogP contribution in [-0.2, 0) is 0 Å². The molecule has 0 N–H and O–H groups in total. The molecule has 0 saturated heterocycles. The second-order valence-electron chi connectivity index (χ2n) is 4.55. The molecule has 2 nitrogen and oxygen atoms in total.